The molecular weight excluding hydrogens is 490 g/mol. The highest BCUT2D eigenvalue weighted by Gasteiger charge is 2.38. The summed E-state index contributed by atoms with van der Waals surface area (Å²) in [7, 11) is 1.56. The van der Waals surface area contributed by atoms with E-state index in [1.54, 1.807) is 12.0 Å². The van der Waals surface area contributed by atoms with Crippen molar-refractivity contribution < 1.29 is 28.6 Å². The van der Waals surface area contributed by atoms with Crippen molar-refractivity contribution in [2.24, 2.45) is 0 Å². The molecule has 3 heterocycles. The van der Waals surface area contributed by atoms with Gasteiger partial charge in [-0.05, 0) is 43.2 Å². The summed E-state index contributed by atoms with van der Waals surface area (Å²) < 4.78 is 16.8. The molecule has 2 bridgehead atoms. The van der Waals surface area contributed by atoms with Gasteiger partial charge in [0.2, 0.25) is 11.8 Å². The van der Waals surface area contributed by atoms with Gasteiger partial charge in [-0.15, -0.1) is 0 Å². The number of fused-ring (bicyclic) bond motifs is 4. The van der Waals surface area contributed by atoms with E-state index in [0.717, 1.165) is 5.56 Å². The third-order valence-corrected chi connectivity index (χ3v) is 6.64. The van der Waals surface area contributed by atoms with Crippen molar-refractivity contribution in [1.29, 1.82) is 5.26 Å². The van der Waals surface area contributed by atoms with Crippen LogP contribution in [0.5, 0.6) is 11.5 Å². The van der Waals surface area contributed by atoms with Gasteiger partial charge >= 0.3 is 0 Å². The van der Waals surface area contributed by atoms with Gasteiger partial charge in [-0.3, -0.25) is 14.4 Å². The minimum atomic E-state index is -0.373. The van der Waals surface area contributed by atoms with Crippen molar-refractivity contribution >= 4 is 17.7 Å². The Balaban J connectivity index is 1.60. The monoisotopic (exact) mass is 521 g/mol. The number of methoxy groups -OCH3 is 1. The normalized spacial score (nSPS) is 19.6. The third-order valence-electron chi connectivity index (χ3n) is 6.64. The topological polar surface area (TPSA) is 134 Å². The lowest BCUT2D eigenvalue weighted by atomic mass is 9.94. The Labute approximate surface area is 221 Å². The molecule has 2 aromatic rings. The maximum absolute atomic E-state index is 13.2. The van der Waals surface area contributed by atoms with E-state index in [2.05, 4.69) is 10.3 Å². The largest absolute Gasteiger partial charge is 0.493 e. The Hall–Kier alpha value is -4.17. The maximum Gasteiger partial charge on any atom is 0.255 e. The van der Waals surface area contributed by atoms with Crippen molar-refractivity contribution in [2.75, 3.05) is 53.1 Å². The maximum atomic E-state index is 13.2. The van der Waals surface area contributed by atoms with E-state index in [0.29, 0.717) is 44.2 Å². The molecular formula is C27H31N5O6. The number of carbonyl (C=O) groups is 3. The van der Waals surface area contributed by atoms with Crippen LogP contribution in [0, 0.1) is 11.3 Å². The smallest absolute Gasteiger partial charge is 0.255 e. The highest BCUT2D eigenvalue weighted by atomic mass is 16.5. The van der Waals surface area contributed by atoms with E-state index in [-0.39, 0.29) is 60.6 Å². The number of nitrogens with zero attached hydrogens (tertiary/aromatic N) is 4. The number of hydrogen-bond donors (Lipinski definition) is 1. The van der Waals surface area contributed by atoms with E-state index in [1.807, 2.05) is 31.2 Å². The number of pyridine rings is 1. The molecule has 0 spiro atoms. The molecule has 0 saturated carbocycles. The minimum Gasteiger partial charge on any atom is -0.493 e. The molecule has 2 aliphatic heterocycles. The van der Waals surface area contributed by atoms with Crippen LogP contribution in [0.15, 0.2) is 36.5 Å². The van der Waals surface area contributed by atoms with Crippen LogP contribution >= 0.6 is 0 Å². The number of aromatic nitrogens is 1. The van der Waals surface area contributed by atoms with E-state index >= 15 is 0 Å². The molecule has 1 N–H and O–H groups in total. The van der Waals surface area contributed by atoms with Crippen LogP contribution in [-0.2, 0) is 14.3 Å². The number of ether oxygens (including phenoxy) is 3. The molecule has 0 aliphatic carbocycles. The summed E-state index contributed by atoms with van der Waals surface area (Å²) in [5.74, 6) is 0.0884. The Morgan fingerprint density at radius 3 is 2.79 bits per heavy atom. The number of carbonyl (C=O) groups excluding carboxylic acids is 3. The first-order valence-corrected chi connectivity index (χ1v) is 12.5. The summed E-state index contributed by atoms with van der Waals surface area (Å²) in [6.07, 6.45) is 1.81. The van der Waals surface area contributed by atoms with Crippen LogP contribution in [0.1, 0.15) is 40.9 Å². The van der Waals surface area contributed by atoms with Crippen molar-refractivity contribution in [1.82, 2.24) is 20.1 Å². The van der Waals surface area contributed by atoms with E-state index < -0.39 is 0 Å². The molecule has 2 aliphatic rings. The molecule has 1 aromatic heterocycles. The molecule has 4 rings (SSSR count). The quantitative estimate of drug-likeness (QED) is 0.623. The number of amides is 3. The predicted molar refractivity (Wildman–Crippen MR) is 136 cm³/mol. The molecule has 2 atom stereocenters. The van der Waals surface area contributed by atoms with Gasteiger partial charge in [0.1, 0.15) is 18.4 Å². The Bertz CT molecular complexity index is 1210. The molecule has 0 radical (unpaired) electrons. The van der Waals surface area contributed by atoms with Gasteiger partial charge in [0, 0.05) is 38.4 Å². The fraction of sp³-hybridized carbons (Fsp3) is 0.444. The Kier molecular flexibility index (Phi) is 8.76. The van der Waals surface area contributed by atoms with Gasteiger partial charge in [0.25, 0.3) is 5.91 Å². The summed E-state index contributed by atoms with van der Waals surface area (Å²) >= 11 is 0. The zero-order valence-corrected chi connectivity index (χ0v) is 21.5. The van der Waals surface area contributed by atoms with E-state index in [9.17, 15) is 14.4 Å². The van der Waals surface area contributed by atoms with E-state index in [4.69, 9.17) is 19.5 Å². The Morgan fingerprint density at radius 1 is 1.24 bits per heavy atom. The highest BCUT2D eigenvalue weighted by Crippen LogP contribution is 2.35. The molecule has 1 saturated heterocycles. The molecule has 38 heavy (non-hydrogen) atoms. The molecule has 11 nitrogen and oxygen atoms in total. The molecule has 11 heteroatoms. The fourth-order valence-corrected chi connectivity index (χ4v) is 4.69. The average molecular weight is 522 g/mol. The second kappa shape index (κ2) is 12.4. The van der Waals surface area contributed by atoms with Gasteiger partial charge in [-0.1, -0.05) is 6.07 Å². The lowest BCUT2D eigenvalue weighted by molar-refractivity contribution is -0.135. The third kappa shape index (κ3) is 6.20. The van der Waals surface area contributed by atoms with Crippen LogP contribution in [0.4, 0.5) is 0 Å². The number of hydrogen-bond acceptors (Lipinski definition) is 8. The molecule has 1 aromatic carbocycles. The minimum absolute atomic E-state index is 0.0260. The first kappa shape index (κ1) is 26.9. The number of likely N-dealkylation sites (tertiary alicyclic amines) is 1. The second-order valence-corrected chi connectivity index (χ2v) is 9.10. The van der Waals surface area contributed by atoms with Crippen LogP contribution in [-0.4, -0.2) is 91.7 Å². The zero-order chi connectivity index (χ0) is 27.1. The van der Waals surface area contributed by atoms with Crippen LogP contribution in [0.3, 0.4) is 0 Å². The summed E-state index contributed by atoms with van der Waals surface area (Å²) in [4.78, 5) is 46.3. The van der Waals surface area contributed by atoms with Gasteiger partial charge in [-0.25, -0.2) is 4.98 Å². The number of nitriles is 1. The average Bonchev–Trinajstić information content (AvgIpc) is 3.36. The number of nitrogens with one attached hydrogen (secondary N) is 1. The summed E-state index contributed by atoms with van der Waals surface area (Å²) in [5, 5.41) is 12.0. The van der Waals surface area contributed by atoms with Crippen LogP contribution in [0.2, 0.25) is 0 Å². The number of rotatable bonds is 5. The van der Waals surface area contributed by atoms with Crippen LogP contribution in [0.25, 0.3) is 0 Å². The summed E-state index contributed by atoms with van der Waals surface area (Å²) in [5.41, 5.74) is 1.39. The first-order chi connectivity index (χ1) is 18.4. The van der Waals surface area contributed by atoms with Gasteiger partial charge in [-0.2, -0.15) is 5.26 Å². The number of benzene rings is 1. The summed E-state index contributed by atoms with van der Waals surface area (Å²) in [6, 6.07) is 10.2. The summed E-state index contributed by atoms with van der Waals surface area (Å²) in [6.45, 7) is 3.34. The highest BCUT2D eigenvalue weighted by molar-refractivity contribution is 5.96. The molecule has 1 fully saturated rings. The van der Waals surface area contributed by atoms with Crippen molar-refractivity contribution in [3.63, 3.8) is 0 Å². The van der Waals surface area contributed by atoms with Crippen LogP contribution < -0.4 is 14.8 Å². The lowest BCUT2D eigenvalue weighted by Gasteiger charge is -2.24. The first-order valence-electron chi connectivity index (χ1n) is 12.5. The van der Waals surface area contributed by atoms with E-state index in [1.165, 1.54) is 23.2 Å². The molecule has 0 unspecified atom stereocenters. The lowest BCUT2D eigenvalue weighted by Crippen LogP contribution is -2.47. The van der Waals surface area contributed by atoms with Crippen molar-refractivity contribution in [3.8, 4) is 17.6 Å². The van der Waals surface area contributed by atoms with Gasteiger partial charge < -0.3 is 29.3 Å². The standard InChI is InChI=1S/C27H31N5O6/c1-3-37-17-26(34)32-14-21-18-6-8-23(36-2)24(11-18)38-10-4-9-31(16-25(33)30-22(21)15-32)27(35)19-5-7-20(12-28)29-13-19/h5-8,11,13,21-22H,3-4,9-10,14-17H2,1-2H3,(H,30,33)/t21-,22+/m1/s1. The SMILES string of the molecule is CCOCC(=O)N1C[C@@H]2NC(=O)CN(C(=O)c3ccc(C#N)nc3)CCCOc3cc(ccc3OC)[C@H]2C1. The molecule has 200 valence electrons. The van der Waals surface area contributed by atoms with Crippen molar-refractivity contribution in [3.05, 3.63) is 53.3 Å². The molecule has 3 amide bonds. The zero-order valence-electron chi connectivity index (χ0n) is 21.5. The fourth-order valence-electron chi connectivity index (χ4n) is 4.69. The Morgan fingerprint density at radius 2 is 2.08 bits per heavy atom. The van der Waals surface area contributed by atoms with Crippen molar-refractivity contribution in [2.45, 2.75) is 25.3 Å². The predicted octanol–water partition coefficient (Wildman–Crippen LogP) is 1.33. The van der Waals surface area contributed by atoms with Gasteiger partial charge in [0.05, 0.1) is 31.9 Å². The second-order valence-electron chi connectivity index (χ2n) is 9.10. The van der Waals surface area contributed by atoms with Gasteiger partial charge in [0.15, 0.2) is 11.5 Å².